The van der Waals surface area contributed by atoms with Gasteiger partial charge in [-0.3, -0.25) is 0 Å². The van der Waals surface area contributed by atoms with Crippen LogP contribution in [0.4, 0.5) is 15.8 Å². The van der Waals surface area contributed by atoms with Crippen LogP contribution in [0.2, 0.25) is 0 Å². The molecule has 2 rings (SSSR count). The van der Waals surface area contributed by atoms with Crippen molar-refractivity contribution in [3.05, 3.63) is 59.4 Å². The van der Waals surface area contributed by atoms with Crippen LogP contribution in [0.5, 0.6) is 0 Å². The molecular weight excluding hydrogens is 227 g/mol. The Bertz CT molecular complexity index is 552. The van der Waals surface area contributed by atoms with Crippen molar-refractivity contribution in [1.82, 2.24) is 0 Å². The van der Waals surface area contributed by atoms with Crippen molar-refractivity contribution in [1.29, 1.82) is 0 Å². The van der Waals surface area contributed by atoms with Gasteiger partial charge in [0, 0.05) is 16.9 Å². The molecule has 2 aromatic rings. The van der Waals surface area contributed by atoms with Gasteiger partial charge < -0.3 is 11.1 Å². The maximum absolute atomic E-state index is 13.7. The SMILES string of the molecule is Cc1c(N)cccc1NC(C)c1ccccc1F. The van der Waals surface area contributed by atoms with Crippen molar-refractivity contribution in [2.24, 2.45) is 0 Å². The Morgan fingerprint density at radius 3 is 2.56 bits per heavy atom. The van der Waals surface area contributed by atoms with Gasteiger partial charge in [-0.2, -0.15) is 0 Å². The Morgan fingerprint density at radius 1 is 1.11 bits per heavy atom. The second-order valence-corrected chi connectivity index (χ2v) is 4.41. The number of hydrogen-bond donors (Lipinski definition) is 2. The smallest absolute Gasteiger partial charge is 0.128 e. The molecule has 3 heteroatoms. The van der Waals surface area contributed by atoms with Crippen LogP contribution in [0.1, 0.15) is 24.1 Å². The zero-order valence-corrected chi connectivity index (χ0v) is 10.6. The summed E-state index contributed by atoms with van der Waals surface area (Å²) in [5.74, 6) is -0.195. The summed E-state index contributed by atoms with van der Waals surface area (Å²) in [5, 5.41) is 3.29. The molecule has 0 saturated carbocycles. The molecule has 0 saturated heterocycles. The molecule has 0 radical (unpaired) electrons. The molecule has 0 amide bonds. The lowest BCUT2D eigenvalue weighted by molar-refractivity contribution is 0.600. The third kappa shape index (κ3) is 2.45. The topological polar surface area (TPSA) is 38.0 Å². The predicted octanol–water partition coefficient (Wildman–Crippen LogP) is 3.89. The average molecular weight is 244 g/mol. The monoisotopic (exact) mass is 244 g/mol. The van der Waals surface area contributed by atoms with Gasteiger partial charge in [-0.25, -0.2) is 4.39 Å². The first-order chi connectivity index (χ1) is 8.59. The zero-order chi connectivity index (χ0) is 13.1. The first-order valence-corrected chi connectivity index (χ1v) is 5.95. The van der Waals surface area contributed by atoms with Gasteiger partial charge in [-0.05, 0) is 37.6 Å². The Kier molecular flexibility index (Phi) is 3.51. The van der Waals surface area contributed by atoms with Gasteiger partial charge in [-0.1, -0.05) is 24.3 Å². The Hall–Kier alpha value is -2.03. The van der Waals surface area contributed by atoms with E-state index in [1.54, 1.807) is 12.1 Å². The van der Waals surface area contributed by atoms with Crippen LogP contribution in [-0.2, 0) is 0 Å². The minimum absolute atomic E-state index is 0.105. The van der Waals surface area contributed by atoms with Gasteiger partial charge >= 0.3 is 0 Å². The highest BCUT2D eigenvalue weighted by Crippen LogP contribution is 2.26. The molecule has 2 nitrogen and oxygen atoms in total. The molecule has 1 atom stereocenters. The summed E-state index contributed by atoms with van der Waals surface area (Å²) in [6.45, 7) is 3.88. The summed E-state index contributed by atoms with van der Waals surface area (Å²) >= 11 is 0. The molecule has 0 aliphatic rings. The second kappa shape index (κ2) is 5.08. The molecule has 0 spiro atoms. The molecule has 18 heavy (non-hydrogen) atoms. The van der Waals surface area contributed by atoms with Gasteiger partial charge in [0.2, 0.25) is 0 Å². The molecule has 94 valence electrons. The summed E-state index contributed by atoms with van der Waals surface area (Å²) in [6.07, 6.45) is 0. The first kappa shape index (κ1) is 12.4. The molecule has 1 unspecified atom stereocenters. The maximum Gasteiger partial charge on any atom is 0.128 e. The number of anilines is 2. The highest BCUT2D eigenvalue weighted by molar-refractivity contribution is 5.63. The molecule has 0 aliphatic heterocycles. The lowest BCUT2D eigenvalue weighted by atomic mass is 10.1. The lowest BCUT2D eigenvalue weighted by Gasteiger charge is -2.18. The van der Waals surface area contributed by atoms with E-state index in [1.807, 2.05) is 38.1 Å². The van der Waals surface area contributed by atoms with Crippen molar-refractivity contribution in [3.8, 4) is 0 Å². The number of nitrogens with two attached hydrogens (primary N) is 1. The third-order valence-electron chi connectivity index (χ3n) is 3.12. The van der Waals surface area contributed by atoms with Crippen LogP contribution in [0.25, 0.3) is 0 Å². The number of benzene rings is 2. The van der Waals surface area contributed by atoms with Gasteiger partial charge in [0.15, 0.2) is 0 Å². The molecule has 2 aromatic carbocycles. The van der Waals surface area contributed by atoms with Crippen molar-refractivity contribution in [2.75, 3.05) is 11.1 Å². The quantitative estimate of drug-likeness (QED) is 0.804. The molecular formula is C15H17FN2. The lowest BCUT2D eigenvalue weighted by Crippen LogP contribution is -2.10. The van der Waals surface area contributed by atoms with Gasteiger partial charge in [0.1, 0.15) is 5.82 Å². The fraction of sp³-hybridized carbons (Fsp3) is 0.200. The highest BCUT2D eigenvalue weighted by atomic mass is 19.1. The molecule has 0 heterocycles. The van der Waals surface area contributed by atoms with Crippen LogP contribution < -0.4 is 11.1 Å². The summed E-state index contributed by atoms with van der Waals surface area (Å²) in [4.78, 5) is 0. The normalized spacial score (nSPS) is 12.2. The van der Waals surface area contributed by atoms with E-state index < -0.39 is 0 Å². The molecule has 3 N–H and O–H groups in total. The van der Waals surface area contributed by atoms with E-state index >= 15 is 0 Å². The van der Waals surface area contributed by atoms with Crippen LogP contribution in [0, 0.1) is 12.7 Å². The summed E-state index contributed by atoms with van der Waals surface area (Å²) < 4.78 is 13.7. The van der Waals surface area contributed by atoms with Crippen LogP contribution >= 0.6 is 0 Å². The molecule has 0 aromatic heterocycles. The predicted molar refractivity (Wildman–Crippen MR) is 74.0 cm³/mol. The van der Waals surface area contributed by atoms with E-state index in [-0.39, 0.29) is 11.9 Å². The van der Waals surface area contributed by atoms with Crippen LogP contribution in [-0.4, -0.2) is 0 Å². The second-order valence-electron chi connectivity index (χ2n) is 4.41. The fourth-order valence-electron chi connectivity index (χ4n) is 1.95. The standard InChI is InChI=1S/C15H17FN2/c1-10-14(17)8-5-9-15(10)18-11(2)12-6-3-4-7-13(12)16/h3-9,11,18H,17H2,1-2H3. The zero-order valence-electron chi connectivity index (χ0n) is 10.6. The van der Waals surface area contributed by atoms with Crippen molar-refractivity contribution >= 4 is 11.4 Å². The Morgan fingerprint density at radius 2 is 1.83 bits per heavy atom. The van der Waals surface area contributed by atoms with E-state index in [9.17, 15) is 4.39 Å². The van der Waals surface area contributed by atoms with E-state index in [1.165, 1.54) is 6.07 Å². The van der Waals surface area contributed by atoms with Crippen molar-refractivity contribution < 1.29 is 4.39 Å². The third-order valence-corrected chi connectivity index (χ3v) is 3.12. The average Bonchev–Trinajstić information content (AvgIpc) is 2.35. The summed E-state index contributed by atoms with van der Waals surface area (Å²) in [7, 11) is 0. The number of hydrogen-bond acceptors (Lipinski definition) is 2. The van der Waals surface area contributed by atoms with Gasteiger partial charge in [0.05, 0.1) is 6.04 Å². The summed E-state index contributed by atoms with van der Waals surface area (Å²) in [5.41, 5.74) is 9.16. The van der Waals surface area contributed by atoms with Gasteiger partial charge in [0.25, 0.3) is 0 Å². The first-order valence-electron chi connectivity index (χ1n) is 5.95. The number of halogens is 1. The Balaban J connectivity index is 2.24. The number of nitrogen functional groups attached to an aromatic ring is 1. The molecule has 0 bridgehead atoms. The molecule has 0 aliphatic carbocycles. The molecule has 0 fully saturated rings. The van der Waals surface area contributed by atoms with Crippen LogP contribution in [0.15, 0.2) is 42.5 Å². The van der Waals surface area contributed by atoms with Crippen LogP contribution in [0.3, 0.4) is 0 Å². The highest BCUT2D eigenvalue weighted by Gasteiger charge is 2.11. The van der Waals surface area contributed by atoms with E-state index in [4.69, 9.17) is 5.73 Å². The summed E-state index contributed by atoms with van der Waals surface area (Å²) in [6, 6.07) is 12.4. The maximum atomic E-state index is 13.7. The number of nitrogens with one attached hydrogen (secondary N) is 1. The minimum atomic E-state index is -0.195. The fourth-order valence-corrected chi connectivity index (χ4v) is 1.95. The van der Waals surface area contributed by atoms with Crippen molar-refractivity contribution in [2.45, 2.75) is 19.9 Å². The Labute approximate surface area is 107 Å². The minimum Gasteiger partial charge on any atom is -0.398 e. The number of rotatable bonds is 3. The van der Waals surface area contributed by atoms with E-state index in [2.05, 4.69) is 5.32 Å². The van der Waals surface area contributed by atoms with Crippen molar-refractivity contribution in [3.63, 3.8) is 0 Å². The van der Waals surface area contributed by atoms with E-state index in [0.29, 0.717) is 5.56 Å². The largest absolute Gasteiger partial charge is 0.398 e. The van der Waals surface area contributed by atoms with E-state index in [0.717, 1.165) is 16.9 Å². The van der Waals surface area contributed by atoms with Gasteiger partial charge in [-0.15, -0.1) is 0 Å².